The largest absolute Gasteiger partial charge is 0.331 e. The molecule has 0 heterocycles. The predicted octanol–water partition coefficient (Wildman–Crippen LogP) is 0.120. The standard InChI is InChI=1S/C4H12O6P2/c1-4(2,12(8,9)10)3-11(5,6)7/h3H2,1-2H3,(H2,5,6,7)(H2,8,9,10). The first kappa shape index (κ1) is 12.3. The second-order valence-corrected chi connectivity index (χ2v) is 7.12. The Labute approximate surface area is 69.9 Å². The molecule has 0 spiro atoms. The normalized spacial score (nSPS) is 14.8. The van der Waals surface area contributed by atoms with E-state index in [0.717, 1.165) is 13.8 Å². The molecule has 0 aromatic rings. The van der Waals surface area contributed by atoms with E-state index in [9.17, 15) is 9.13 Å². The van der Waals surface area contributed by atoms with Crippen LogP contribution in [0, 0.1) is 0 Å². The molecule has 0 unspecified atom stereocenters. The van der Waals surface area contributed by atoms with Gasteiger partial charge in [-0.15, -0.1) is 0 Å². The van der Waals surface area contributed by atoms with Crippen LogP contribution in [-0.4, -0.2) is 30.9 Å². The zero-order valence-corrected chi connectivity index (χ0v) is 8.50. The smallest absolute Gasteiger partial charge is 0.324 e. The van der Waals surface area contributed by atoms with Crippen molar-refractivity contribution in [2.24, 2.45) is 0 Å². The van der Waals surface area contributed by atoms with Gasteiger partial charge in [-0.3, -0.25) is 9.13 Å². The predicted molar refractivity (Wildman–Crippen MR) is 43.0 cm³/mol. The third-order valence-corrected chi connectivity index (χ3v) is 4.57. The fourth-order valence-corrected chi connectivity index (χ4v) is 2.89. The van der Waals surface area contributed by atoms with Crippen LogP contribution in [0.2, 0.25) is 0 Å². The van der Waals surface area contributed by atoms with E-state index < -0.39 is 26.5 Å². The quantitative estimate of drug-likeness (QED) is 0.500. The van der Waals surface area contributed by atoms with Crippen LogP contribution >= 0.6 is 15.2 Å². The molecule has 8 heteroatoms. The highest BCUT2D eigenvalue weighted by molar-refractivity contribution is 7.57. The summed E-state index contributed by atoms with van der Waals surface area (Å²) >= 11 is 0. The van der Waals surface area contributed by atoms with Gasteiger partial charge in [-0.05, 0) is 13.8 Å². The van der Waals surface area contributed by atoms with Crippen molar-refractivity contribution < 1.29 is 28.7 Å². The highest BCUT2D eigenvalue weighted by atomic mass is 31.2. The van der Waals surface area contributed by atoms with E-state index in [-0.39, 0.29) is 0 Å². The number of rotatable bonds is 3. The van der Waals surface area contributed by atoms with Gasteiger partial charge in [0.05, 0.1) is 11.3 Å². The molecule has 0 aliphatic carbocycles. The monoisotopic (exact) mass is 218 g/mol. The molecule has 74 valence electrons. The molecule has 0 radical (unpaired) electrons. The van der Waals surface area contributed by atoms with E-state index in [0.29, 0.717) is 0 Å². The molecule has 0 aliphatic rings. The van der Waals surface area contributed by atoms with Gasteiger partial charge in [-0.25, -0.2) is 0 Å². The first-order valence-electron chi connectivity index (χ1n) is 3.06. The van der Waals surface area contributed by atoms with Gasteiger partial charge in [0.25, 0.3) is 0 Å². The van der Waals surface area contributed by atoms with Gasteiger partial charge < -0.3 is 19.6 Å². The van der Waals surface area contributed by atoms with E-state index in [1.807, 2.05) is 0 Å². The lowest BCUT2D eigenvalue weighted by Crippen LogP contribution is -2.25. The van der Waals surface area contributed by atoms with Crippen LogP contribution in [0.4, 0.5) is 0 Å². The molecule has 0 aromatic carbocycles. The zero-order valence-electron chi connectivity index (χ0n) is 6.71. The van der Waals surface area contributed by atoms with Gasteiger partial charge in [-0.2, -0.15) is 0 Å². The second-order valence-electron chi connectivity index (χ2n) is 3.18. The Hall–Kier alpha value is 0.300. The van der Waals surface area contributed by atoms with Crippen molar-refractivity contribution in [2.45, 2.75) is 19.0 Å². The zero-order chi connectivity index (χ0) is 10.2. The maximum atomic E-state index is 10.7. The summed E-state index contributed by atoms with van der Waals surface area (Å²) in [5, 5.41) is -1.67. The lowest BCUT2D eigenvalue weighted by atomic mass is 10.2. The van der Waals surface area contributed by atoms with Crippen molar-refractivity contribution in [2.75, 3.05) is 6.16 Å². The minimum Gasteiger partial charge on any atom is -0.324 e. The minimum absolute atomic E-state index is 0.815. The van der Waals surface area contributed by atoms with Crippen LogP contribution in [0.3, 0.4) is 0 Å². The Balaban J connectivity index is 4.68. The Bertz CT molecular complexity index is 246. The van der Waals surface area contributed by atoms with Crippen LogP contribution in [-0.2, 0) is 9.13 Å². The summed E-state index contributed by atoms with van der Waals surface area (Å²) in [7, 11) is -8.83. The van der Waals surface area contributed by atoms with Crippen LogP contribution in [0.5, 0.6) is 0 Å². The highest BCUT2D eigenvalue weighted by Crippen LogP contribution is 2.56. The molecule has 0 saturated heterocycles. The van der Waals surface area contributed by atoms with E-state index in [4.69, 9.17) is 19.6 Å². The molecular weight excluding hydrogens is 206 g/mol. The molecular formula is C4H12O6P2. The number of hydrogen-bond acceptors (Lipinski definition) is 2. The molecule has 0 fully saturated rings. The summed E-state index contributed by atoms with van der Waals surface area (Å²) in [6.07, 6.45) is -0.815. The fraction of sp³-hybridized carbons (Fsp3) is 1.00. The van der Waals surface area contributed by atoms with Crippen LogP contribution in [0.25, 0.3) is 0 Å². The van der Waals surface area contributed by atoms with Crippen molar-refractivity contribution in [1.29, 1.82) is 0 Å². The summed E-state index contributed by atoms with van der Waals surface area (Å²) in [4.78, 5) is 34.3. The molecule has 6 nitrogen and oxygen atoms in total. The Morgan fingerprint density at radius 1 is 1.08 bits per heavy atom. The Kier molecular flexibility index (Phi) is 3.30. The SMILES string of the molecule is CC(C)(CP(=O)(O)O)P(=O)(O)O. The lowest BCUT2D eigenvalue weighted by molar-refractivity contribution is 0.327. The molecule has 0 saturated carbocycles. The maximum absolute atomic E-state index is 10.7. The van der Waals surface area contributed by atoms with E-state index in [1.165, 1.54) is 0 Å². The van der Waals surface area contributed by atoms with Gasteiger partial charge in [0.15, 0.2) is 0 Å². The van der Waals surface area contributed by atoms with Crippen molar-refractivity contribution in [1.82, 2.24) is 0 Å². The van der Waals surface area contributed by atoms with Crippen LogP contribution in [0.1, 0.15) is 13.8 Å². The van der Waals surface area contributed by atoms with E-state index in [1.54, 1.807) is 0 Å². The molecule has 12 heavy (non-hydrogen) atoms. The molecule has 0 bridgehead atoms. The first-order valence-corrected chi connectivity index (χ1v) is 6.47. The topological polar surface area (TPSA) is 115 Å². The van der Waals surface area contributed by atoms with Crippen molar-refractivity contribution in [3.63, 3.8) is 0 Å². The third-order valence-electron chi connectivity index (χ3n) is 1.38. The first-order chi connectivity index (χ1) is 4.96. The van der Waals surface area contributed by atoms with Gasteiger partial charge in [0.1, 0.15) is 0 Å². The van der Waals surface area contributed by atoms with Crippen LogP contribution in [0.15, 0.2) is 0 Å². The molecule has 0 rings (SSSR count). The van der Waals surface area contributed by atoms with Gasteiger partial charge in [-0.1, -0.05) is 0 Å². The Morgan fingerprint density at radius 2 is 1.42 bits per heavy atom. The summed E-state index contributed by atoms with van der Waals surface area (Å²) in [6.45, 7) is 2.24. The number of hydrogen-bond donors (Lipinski definition) is 4. The molecule has 4 N–H and O–H groups in total. The van der Waals surface area contributed by atoms with Crippen molar-refractivity contribution in [3.8, 4) is 0 Å². The van der Waals surface area contributed by atoms with Crippen LogP contribution < -0.4 is 0 Å². The Morgan fingerprint density at radius 3 is 1.50 bits per heavy atom. The second kappa shape index (κ2) is 3.22. The molecule has 0 aromatic heterocycles. The molecule has 0 atom stereocenters. The fourth-order valence-electron chi connectivity index (χ4n) is 0.596. The van der Waals surface area contributed by atoms with Gasteiger partial charge in [0.2, 0.25) is 0 Å². The summed E-state index contributed by atoms with van der Waals surface area (Å²) in [5.74, 6) is 0. The van der Waals surface area contributed by atoms with Gasteiger partial charge in [0, 0.05) is 0 Å². The van der Waals surface area contributed by atoms with Crippen molar-refractivity contribution >= 4 is 15.2 Å². The average molecular weight is 218 g/mol. The minimum atomic E-state index is -4.46. The van der Waals surface area contributed by atoms with Crippen molar-refractivity contribution in [3.05, 3.63) is 0 Å². The maximum Gasteiger partial charge on any atom is 0.331 e. The van der Waals surface area contributed by atoms with E-state index >= 15 is 0 Å². The lowest BCUT2D eigenvalue weighted by Gasteiger charge is -2.25. The van der Waals surface area contributed by atoms with E-state index in [2.05, 4.69) is 0 Å². The third kappa shape index (κ3) is 3.81. The molecule has 0 amide bonds. The molecule has 0 aliphatic heterocycles. The summed E-state index contributed by atoms with van der Waals surface area (Å²) in [6, 6.07) is 0. The summed E-state index contributed by atoms with van der Waals surface area (Å²) < 4.78 is 21.1. The van der Waals surface area contributed by atoms with Gasteiger partial charge >= 0.3 is 15.2 Å². The summed E-state index contributed by atoms with van der Waals surface area (Å²) in [5.41, 5.74) is 0. The highest BCUT2D eigenvalue weighted by Gasteiger charge is 2.42. The average Bonchev–Trinajstić information content (AvgIpc) is 1.52.